The van der Waals surface area contributed by atoms with Crippen molar-refractivity contribution in [2.75, 3.05) is 23.9 Å². The summed E-state index contributed by atoms with van der Waals surface area (Å²) in [6, 6.07) is 13.1. The van der Waals surface area contributed by atoms with Crippen molar-refractivity contribution in [2.24, 2.45) is 0 Å². The van der Waals surface area contributed by atoms with Crippen LogP contribution in [0.3, 0.4) is 0 Å². The summed E-state index contributed by atoms with van der Waals surface area (Å²) >= 11 is 6.04. The van der Waals surface area contributed by atoms with Crippen molar-refractivity contribution >= 4 is 34.8 Å². The molecular formula is C23H25ClN2O3. The largest absolute Gasteiger partial charge is 0.494 e. The summed E-state index contributed by atoms with van der Waals surface area (Å²) in [5.41, 5.74) is 1.88. The Labute approximate surface area is 176 Å². The number of nitrogens with one attached hydrogen (secondary N) is 1. The monoisotopic (exact) mass is 412 g/mol. The molecule has 2 aliphatic rings. The third-order valence-electron chi connectivity index (χ3n) is 6.09. The van der Waals surface area contributed by atoms with Gasteiger partial charge in [0.05, 0.1) is 18.2 Å². The average Bonchev–Trinajstić information content (AvgIpc) is 3.38. The summed E-state index contributed by atoms with van der Waals surface area (Å²) in [5, 5.41) is 3.75. The van der Waals surface area contributed by atoms with Gasteiger partial charge < -0.3 is 15.0 Å². The first-order chi connectivity index (χ1) is 14.0. The molecule has 1 saturated carbocycles. The van der Waals surface area contributed by atoms with E-state index in [0.717, 1.165) is 43.4 Å². The van der Waals surface area contributed by atoms with Crippen LogP contribution in [0.4, 0.5) is 11.4 Å². The highest BCUT2D eigenvalue weighted by Gasteiger charge is 2.42. The Kier molecular flexibility index (Phi) is 5.50. The maximum absolute atomic E-state index is 13.4. The van der Waals surface area contributed by atoms with E-state index in [1.807, 2.05) is 36.4 Å². The van der Waals surface area contributed by atoms with E-state index in [4.69, 9.17) is 16.3 Å². The number of hydrogen-bond donors (Lipinski definition) is 1. The predicted octanol–water partition coefficient (Wildman–Crippen LogP) is 4.93. The molecule has 2 fully saturated rings. The summed E-state index contributed by atoms with van der Waals surface area (Å²) in [7, 11) is 1.58. The Hall–Kier alpha value is -2.53. The first-order valence-corrected chi connectivity index (χ1v) is 10.5. The fourth-order valence-electron chi connectivity index (χ4n) is 4.53. The van der Waals surface area contributed by atoms with E-state index < -0.39 is 5.41 Å². The summed E-state index contributed by atoms with van der Waals surface area (Å²) in [4.78, 5) is 27.2. The highest BCUT2D eigenvalue weighted by molar-refractivity contribution is 6.30. The minimum atomic E-state index is -0.540. The van der Waals surface area contributed by atoms with Crippen LogP contribution in [0.5, 0.6) is 5.75 Å². The average molecular weight is 413 g/mol. The molecule has 1 N–H and O–H groups in total. The van der Waals surface area contributed by atoms with Gasteiger partial charge >= 0.3 is 0 Å². The molecule has 0 spiro atoms. The number of anilines is 2. The number of carbonyl (C=O) groups excluding carboxylic acids is 2. The smallest absolute Gasteiger partial charge is 0.235 e. The zero-order valence-electron chi connectivity index (χ0n) is 16.5. The molecule has 5 nitrogen and oxygen atoms in total. The molecule has 2 aromatic carbocycles. The Bertz CT molecular complexity index is 920. The number of nitrogens with zero attached hydrogens (tertiary/aromatic N) is 1. The van der Waals surface area contributed by atoms with Crippen molar-refractivity contribution < 1.29 is 14.3 Å². The van der Waals surface area contributed by atoms with E-state index in [1.54, 1.807) is 18.1 Å². The van der Waals surface area contributed by atoms with Crippen LogP contribution in [-0.2, 0) is 15.0 Å². The van der Waals surface area contributed by atoms with Gasteiger partial charge in [0, 0.05) is 29.7 Å². The fourth-order valence-corrected chi connectivity index (χ4v) is 4.65. The predicted molar refractivity (Wildman–Crippen MR) is 115 cm³/mol. The molecular weight excluding hydrogens is 388 g/mol. The molecule has 2 aromatic rings. The molecule has 0 unspecified atom stereocenters. The van der Waals surface area contributed by atoms with Gasteiger partial charge in [0.1, 0.15) is 5.75 Å². The van der Waals surface area contributed by atoms with Crippen LogP contribution >= 0.6 is 11.6 Å². The second-order valence-corrected chi connectivity index (χ2v) is 8.22. The van der Waals surface area contributed by atoms with Crippen molar-refractivity contribution in [3.05, 3.63) is 53.1 Å². The van der Waals surface area contributed by atoms with Crippen LogP contribution in [0.2, 0.25) is 5.02 Å². The number of carbonyl (C=O) groups is 2. The van der Waals surface area contributed by atoms with Gasteiger partial charge in [-0.2, -0.15) is 0 Å². The van der Waals surface area contributed by atoms with Crippen LogP contribution in [0.15, 0.2) is 42.5 Å². The van der Waals surface area contributed by atoms with E-state index in [1.165, 1.54) is 0 Å². The minimum Gasteiger partial charge on any atom is -0.494 e. The summed E-state index contributed by atoms with van der Waals surface area (Å²) < 4.78 is 5.52. The lowest BCUT2D eigenvalue weighted by atomic mass is 9.78. The van der Waals surface area contributed by atoms with Crippen molar-refractivity contribution in [1.82, 2.24) is 0 Å². The molecule has 2 amide bonds. The van der Waals surface area contributed by atoms with Crippen LogP contribution in [0.25, 0.3) is 0 Å². The van der Waals surface area contributed by atoms with Crippen molar-refractivity contribution in [1.29, 1.82) is 0 Å². The molecule has 29 heavy (non-hydrogen) atoms. The van der Waals surface area contributed by atoms with Gasteiger partial charge in [-0.25, -0.2) is 0 Å². The first kappa shape index (κ1) is 19.8. The van der Waals surface area contributed by atoms with Crippen LogP contribution in [0, 0.1) is 0 Å². The topological polar surface area (TPSA) is 58.6 Å². The molecule has 0 atom stereocenters. The Morgan fingerprint density at radius 3 is 2.45 bits per heavy atom. The zero-order chi connectivity index (χ0) is 20.4. The van der Waals surface area contributed by atoms with E-state index >= 15 is 0 Å². The molecule has 4 rings (SSSR count). The first-order valence-electron chi connectivity index (χ1n) is 10.1. The number of halogens is 1. The molecule has 0 bridgehead atoms. The minimum absolute atomic E-state index is 0.00984. The molecule has 1 aliphatic carbocycles. The molecule has 1 aliphatic heterocycles. The van der Waals surface area contributed by atoms with Crippen molar-refractivity contribution in [3.8, 4) is 5.75 Å². The number of rotatable bonds is 5. The molecule has 1 saturated heterocycles. The van der Waals surface area contributed by atoms with Gasteiger partial charge in [-0.05, 0) is 49.1 Å². The van der Waals surface area contributed by atoms with Crippen LogP contribution < -0.4 is 15.0 Å². The highest BCUT2D eigenvalue weighted by Crippen LogP contribution is 2.43. The SMILES string of the molecule is COc1cc(NC(=O)C2(c3ccc(Cl)cc3)CCCC2)ccc1N1CCCC1=O. The summed E-state index contributed by atoms with van der Waals surface area (Å²) in [6.45, 7) is 0.695. The maximum atomic E-state index is 13.4. The molecule has 0 aromatic heterocycles. The standard InChI is InChI=1S/C23H25ClN2O3/c1-29-20-15-18(10-11-19(20)26-14-4-5-21(26)27)25-22(28)23(12-2-3-13-23)16-6-8-17(24)9-7-16/h6-11,15H,2-5,12-14H2,1H3,(H,25,28). The highest BCUT2D eigenvalue weighted by atomic mass is 35.5. The lowest BCUT2D eigenvalue weighted by Crippen LogP contribution is -2.38. The number of methoxy groups -OCH3 is 1. The molecule has 1 heterocycles. The number of amides is 2. The summed E-state index contributed by atoms with van der Waals surface area (Å²) in [5.74, 6) is 0.683. The Balaban J connectivity index is 1.60. The lowest BCUT2D eigenvalue weighted by molar-refractivity contribution is -0.121. The number of ether oxygens (including phenoxy) is 1. The Morgan fingerprint density at radius 2 is 1.83 bits per heavy atom. The second-order valence-electron chi connectivity index (χ2n) is 7.79. The van der Waals surface area contributed by atoms with Gasteiger partial charge in [-0.15, -0.1) is 0 Å². The van der Waals surface area contributed by atoms with Gasteiger partial charge in [0.2, 0.25) is 11.8 Å². The zero-order valence-corrected chi connectivity index (χ0v) is 17.3. The summed E-state index contributed by atoms with van der Waals surface area (Å²) in [6.07, 6.45) is 5.09. The van der Waals surface area contributed by atoms with Gasteiger partial charge in [0.25, 0.3) is 0 Å². The number of benzene rings is 2. The van der Waals surface area contributed by atoms with Crippen molar-refractivity contribution in [3.63, 3.8) is 0 Å². The van der Waals surface area contributed by atoms with Gasteiger partial charge in [-0.1, -0.05) is 36.6 Å². The van der Waals surface area contributed by atoms with Crippen LogP contribution in [0.1, 0.15) is 44.1 Å². The quantitative estimate of drug-likeness (QED) is 0.757. The second kappa shape index (κ2) is 8.07. The normalized spacial score (nSPS) is 18.1. The van der Waals surface area contributed by atoms with E-state index in [2.05, 4.69) is 5.32 Å². The van der Waals surface area contributed by atoms with Crippen molar-refractivity contribution in [2.45, 2.75) is 43.9 Å². The third-order valence-corrected chi connectivity index (χ3v) is 6.34. The molecule has 152 valence electrons. The molecule has 6 heteroatoms. The fraction of sp³-hybridized carbons (Fsp3) is 0.391. The van der Waals surface area contributed by atoms with E-state index in [-0.39, 0.29) is 11.8 Å². The number of hydrogen-bond acceptors (Lipinski definition) is 3. The Morgan fingerprint density at radius 1 is 1.10 bits per heavy atom. The third kappa shape index (κ3) is 3.71. The maximum Gasteiger partial charge on any atom is 0.235 e. The lowest BCUT2D eigenvalue weighted by Gasteiger charge is -2.28. The van der Waals surface area contributed by atoms with Gasteiger partial charge in [0.15, 0.2) is 0 Å². The van der Waals surface area contributed by atoms with Crippen LogP contribution in [-0.4, -0.2) is 25.5 Å². The van der Waals surface area contributed by atoms with E-state index in [0.29, 0.717) is 29.4 Å². The van der Waals surface area contributed by atoms with E-state index in [9.17, 15) is 9.59 Å². The van der Waals surface area contributed by atoms with Gasteiger partial charge in [-0.3, -0.25) is 9.59 Å². The molecule has 0 radical (unpaired) electrons.